The summed E-state index contributed by atoms with van der Waals surface area (Å²) < 4.78 is 2.17. The summed E-state index contributed by atoms with van der Waals surface area (Å²) in [6.45, 7) is 2.97. The normalized spacial score (nSPS) is 11.9. The molecule has 22 heavy (non-hydrogen) atoms. The Balaban J connectivity index is 1.78. The molecule has 0 radical (unpaired) electrons. The van der Waals surface area contributed by atoms with Crippen LogP contribution < -0.4 is 4.57 Å². The first-order chi connectivity index (χ1) is 10.7. The van der Waals surface area contributed by atoms with Crippen molar-refractivity contribution >= 4 is 5.78 Å². The van der Waals surface area contributed by atoms with Gasteiger partial charge in [0.1, 0.15) is 0 Å². The van der Waals surface area contributed by atoms with Crippen molar-refractivity contribution in [3.05, 3.63) is 89.1 Å². The van der Waals surface area contributed by atoms with Crippen LogP contribution in [0.15, 0.2) is 66.9 Å². The molecule has 0 fully saturated rings. The van der Waals surface area contributed by atoms with E-state index in [1.807, 2.05) is 42.6 Å². The van der Waals surface area contributed by atoms with Crippen LogP contribution in [0.25, 0.3) is 11.3 Å². The monoisotopic (exact) mass is 286 g/mol. The van der Waals surface area contributed by atoms with E-state index in [9.17, 15) is 4.79 Å². The molecule has 1 aliphatic rings. The summed E-state index contributed by atoms with van der Waals surface area (Å²) in [5.41, 5.74) is 6.57. The molecule has 0 spiro atoms. The highest BCUT2D eigenvalue weighted by atomic mass is 16.1. The van der Waals surface area contributed by atoms with Crippen LogP contribution in [0.3, 0.4) is 0 Å². The molecule has 2 nitrogen and oxygen atoms in total. The minimum Gasteiger partial charge on any atom is -0.288 e. The van der Waals surface area contributed by atoms with Gasteiger partial charge in [-0.05, 0) is 18.6 Å². The topological polar surface area (TPSA) is 20.9 Å². The van der Waals surface area contributed by atoms with Gasteiger partial charge in [-0.1, -0.05) is 48.5 Å². The summed E-state index contributed by atoms with van der Waals surface area (Å²) >= 11 is 0. The molecular weight excluding hydrogens is 270 g/mol. The highest BCUT2D eigenvalue weighted by Crippen LogP contribution is 2.29. The van der Waals surface area contributed by atoms with Crippen molar-refractivity contribution in [3.63, 3.8) is 0 Å². The molecule has 0 unspecified atom stereocenters. The van der Waals surface area contributed by atoms with Gasteiger partial charge in [-0.15, -0.1) is 0 Å². The average molecular weight is 286 g/mol. The Bertz CT molecular complexity index is 881. The first-order valence-corrected chi connectivity index (χ1v) is 7.46. The molecule has 3 aromatic rings. The van der Waals surface area contributed by atoms with Gasteiger partial charge in [-0.25, -0.2) is 0 Å². The zero-order valence-electron chi connectivity index (χ0n) is 12.4. The number of hydrogen-bond donors (Lipinski definition) is 0. The highest BCUT2D eigenvalue weighted by molar-refractivity contribution is 6.08. The van der Waals surface area contributed by atoms with Crippen LogP contribution in [0.5, 0.6) is 0 Å². The van der Waals surface area contributed by atoms with Gasteiger partial charge >= 0.3 is 0 Å². The number of pyridine rings is 1. The Morgan fingerprint density at radius 2 is 1.73 bits per heavy atom. The Kier molecular flexibility index (Phi) is 2.90. The van der Waals surface area contributed by atoms with Crippen molar-refractivity contribution in [2.24, 2.45) is 0 Å². The Hall–Kier alpha value is -2.74. The molecule has 0 aliphatic carbocycles. The molecule has 0 saturated heterocycles. The van der Waals surface area contributed by atoms with Crippen molar-refractivity contribution in [1.29, 1.82) is 0 Å². The van der Waals surface area contributed by atoms with Crippen LogP contribution in [0.2, 0.25) is 0 Å². The summed E-state index contributed by atoms with van der Waals surface area (Å²) in [5.74, 6) is 0.0728. The number of aryl methyl sites for hydroxylation is 1. The molecule has 2 heteroatoms. The fraction of sp³-hybridized carbons (Fsp3) is 0.100. The maximum atomic E-state index is 12.6. The van der Waals surface area contributed by atoms with Crippen LogP contribution in [-0.4, -0.2) is 5.78 Å². The lowest BCUT2D eigenvalue weighted by Gasteiger charge is -2.01. The van der Waals surface area contributed by atoms with Gasteiger partial charge in [0.2, 0.25) is 5.69 Å². The number of fused-ring (bicyclic) bond motifs is 3. The highest BCUT2D eigenvalue weighted by Gasteiger charge is 2.28. The molecule has 2 heterocycles. The van der Waals surface area contributed by atoms with E-state index < -0.39 is 0 Å². The minimum absolute atomic E-state index is 0.0728. The molecule has 1 aliphatic heterocycles. The molecule has 0 saturated carbocycles. The molecule has 4 rings (SSSR count). The lowest BCUT2D eigenvalue weighted by atomic mass is 10.0. The number of nitrogens with zero attached hydrogens (tertiary/aromatic N) is 1. The number of carbonyl (C=O) groups excluding carboxylic acids is 1. The lowest BCUT2D eigenvalue weighted by molar-refractivity contribution is -0.672. The van der Waals surface area contributed by atoms with E-state index in [0.717, 1.165) is 17.7 Å². The second-order valence-corrected chi connectivity index (χ2v) is 5.74. The first kappa shape index (κ1) is 13.0. The van der Waals surface area contributed by atoms with E-state index in [4.69, 9.17) is 0 Å². The van der Waals surface area contributed by atoms with E-state index >= 15 is 0 Å². The van der Waals surface area contributed by atoms with Crippen molar-refractivity contribution in [3.8, 4) is 11.3 Å². The minimum atomic E-state index is 0.0728. The number of benzene rings is 2. The van der Waals surface area contributed by atoms with E-state index in [1.165, 1.54) is 22.4 Å². The molecule has 0 N–H and O–H groups in total. The third-order valence-corrected chi connectivity index (χ3v) is 4.28. The second-order valence-electron chi connectivity index (χ2n) is 5.74. The van der Waals surface area contributed by atoms with Gasteiger partial charge in [0.25, 0.3) is 0 Å². The molecule has 106 valence electrons. The summed E-state index contributed by atoms with van der Waals surface area (Å²) in [7, 11) is 0. The fourth-order valence-electron chi connectivity index (χ4n) is 3.20. The van der Waals surface area contributed by atoms with Crippen LogP contribution in [0.1, 0.15) is 27.0 Å². The van der Waals surface area contributed by atoms with Gasteiger partial charge in [0, 0.05) is 17.2 Å². The van der Waals surface area contributed by atoms with E-state index in [0.29, 0.717) is 0 Å². The maximum absolute atomic E-state index is 12.6. The molecule has 0 amide bonds. The SMILES string of the molecule is Cc1cccc2c1-c1ccc(C(=O)c3ccccc3)c[n+]1C2. The van der Waals surface area contributed by atoms with Gasteiger partial charge in [0.05, 0.1) is 11.1 Å². The number of aromatic nitrogens is 1. The first-order valence-electron chi connectivity index (χ1n) is 7.46. The summed E-state index contributed by atoms with van der Waals surface area (Å²) in [6, 6.07) is 19.8. The quantitative estimate of drug-likeness (QED) is 0.408. The third kappa shape index (κ3) is 1.96. The number of hydrogen-bond acceptors (Lipinski definition) is 1. The summed E-state index contributed by atoms with van der Waals surface area (Å²) in [5, 5.41) is 0. The van der Waals surface area contributed by atoms with Gasteiger partial charge in [-0.3, -0.25) is 4.79 Å². The number of rotatable bonds is 2. The summed E-state index contributed by atoms with van der Waals surface area (Å²) in [4.78, 5) is 12.6. The van der Waals surface area contributed by atoms with Crippen LogP contribution in [0, 0.1) is 6.92 Å². The van der Waals surface area contributed by atoms with Gasteiger partial charge in [-0.2, -0.15) is 4.57 Å². The molecule has 1 aromatic heterocycles. The molecule has 2 aromatic carbocycles. The average Bonchev–Trinajstić information content (AvgIpc) is 2.93. The Morgan fingerprint density at radius 1 is 0.909 bits per heavy atom. The second kappa shape index (κ2) is 4.92. The van der Waals surface area contributed by atoms with Crippen LogP contribution >= 0.6 is 0 Å². The van der Waals surface area contributed by atoms with Crippen LogP contribution in [0.4, 0.5) is 0 Å². The van der Waals surface area contributed by atoms with Crippen molar-refractivity contribution in [2.75, 3.05) is 0 Å². The Morgan fingerprint density at radius 3 is 2.55 bits per heavy atom. The van der Waals surface area contributed by atoms with E-state index in [-0.39, 0.29) is 5.78 Å². The van der Waals surface area contributed by atoms with Crippen molar-refractivity contribution in [1.82, 2.24) is 0 Å². The molecule has 0 atom stereocenters. The smallest absolute Gasteiger partial charge is 0.213 e. The number of carbonyl (C=O) groups is 1. The zero-order valence-corrected chi connectivity index (χ0v) is 12.4. The van der Waals surface area contributed by atoms with Gasteiger partial charge in [0.15, 0.2) is 18.5 Å². The van der Waals surface area contributed by atoms with Crippen molar-refractivity contribution < 1.29 is 9.36 Å². The largest absolute Gasteiger partial charge is 0.288 e. The van der Waals surface area contributed by atoms with E-state index in [2.05, 4.69) is 35.8 Å². The Labute approximate surface area is 129 Å². The predicted molar refractivity (Wildman–Crippen MR) is 85.8 cm³/mol. The third-order valence-electron chi connectivity index (χ3n) is 4.28. The number of ketones is 1. The van der Waals surface area contributed by atoms with Crippen LogP contribution in [-0.2, 0) is 6.54 Å². The fourth-order valence-corrected chi connectivity index (χ4v) is 3.20. The van der Waals surface area contributed by atoms with E-state index in [1.54, 1.807) is 0 Å². The zero-order chi connectivity index (χ0) is 15.1. The predicted octanol–water partition coefficient (Wildman–Crippen LogP) is 3.54. The molecular formula is C20H16NO+. The molecule has 0 bridgehead atoms. The summed E-state index contributed by atoms with van der Waals surface area (Å²) in [6.07, 6.45) is 1.98. The lowest BCUT2D eigenvalue weighted by Crippen LogP contribution is -2.33. The van der Waals surface area contributed by atoms with Crippen molar-refractivity contribution in [2.45, 2.75) is 13.5 Å². The van der Waals surface area contributed by atoms with Gasteiger partial charge < -0.3 is 0 Å². The standard InChI is InChI=1S/C20H16NO/c1-14-6-5-9-16-12-21-13-17(10-11-18(21)19(14)16)20(22)15-7-3-2-4-8-15/h2-11,13H,12H2,1H3/q+1. The maximum Gasteiger partial charge on any atom is 0.213 e.